The zero-order chi connectivity index (χ0) is 19.0. The molecule has 0 aliphatic carbocycles. The van der Waals surface area contributed by atoms with E-state index < -0.39 is 11.9 Å². The van der Waals surface area contributed by atoms with E-state index in [-0.39, 0.29) is 12.5 Å². The molecule has 1 aromatic carbocycles. The van der Waals surface area contributed by atoms with E-state index in [1.54, 1.807) is 17.2 Å². The van der Waals surface area contributed by atoms with Gasteiger partial charge in [-0.05, 0) is 35.6 Å². The van der Waals surface area contributed by atoms with E-state index in [1.165, 1.54) is 0 Å². The molecule has 2 aliphatic rings. The Morgan fingerprint density at radius 2 is 2.00 bits per heavy atom. The maximum Gasteiger partial charge on any atom is 0.312 e. The SMILES string of the molecule is CC1CCN(c2cc(C(=O)N3Cc4ccccc4C(C(=O)O)C3)ccn2)C1. The minimum Gasteiger partial charge on any atom is -0.481 e. The van der Waals surface area contributed by atoms with Gasteiger partial charge in [-0.25, -0.2) is 4.98 Å². The highest BCUT2D eigenvalue weighted by Gasteiger charge is 2.33. The van der Waals surface area contributed by atoms with Gasteiger partial charge in [0.25, 0.3) is 5.91 Å². The lowest BCUT2D eigenvalue weighted by Crippen LogP contribution is -2.40. The molecule has 2 aromatic rings. The Kier molecular flexibility index (Phi) is 4.56. The van der Waals surface area contributed by atoms with Crippen molar-refractivity contribution in [3.8, 4) is 0 Å². The van der Waals surface area contributed by atoms with Gasteiger partial charge in [-0.1, -0.05) is 31.2 Å². The fourth-order valence-electron chi connectivity index (χ4n) is 4.02. The molecule has 1 fully saturated rings. The lowest BCUT2D eigenvalue weighted by atomic mass is 9.89. The van der Waals surface area contributed by atoms with Crippen LogP contribution in [-0.4, -0.2) is 46.5 Å². The number of pyridine rings is 1. The number of nitrogens with zero attached hydrogens (tertiary/aromatic N) is 3. The van der Waals surface area contributed by atoms with Crippen molar-refractivity contribution in [3.63, 3.8) is 0 Å². The van der Waals surface area contributed by atoms with Crippen molar-refractivity contribution >= 4 is 17.7 Å². The third kappa shape index (κ3) is 3.39. The minimum atomic E-state index is -0.901. The van der Waals surface area contributed by atoms with Crippen LogP contribution in [-0.2, 0) is 11.3 Å². The number of benzene rings is 1. The molecule has 3 heterocycles. The van der Waals surface area contributed by atoms with Gasteiger partial charge in [-0.2, -0.15) is 0 Å². The summed E-state index contributed by atoms with van der Waals surface area (Å²) in [6.45, 7) is 4.72. The fourth-order valence-corrected chi connectivity index (χ4v) is 4.02. The van der Waals surface area contributed by atoms with Crippen LogP contribution in [0, 0.1) is 5.92 Å². The summed E-state index contributed by atoms with van der Waals surface area (Å²) in [6.07, 6.45) is 2.79. The van der Waals surface area contributed by atoms with Crippen molar-refractivity contribution in [3.05, 3.63) is 59.3 Å². The second-order valence-corrected chi connectivity index (χ2v) is 7.52. The monoisotopic (exact) mass is 365 g/mol. The maximum absolute atomic E-state index is 13.1. The van der Waals surface area contributed by atoms with E-state index in [9.17, 15) is 14.7 Å². The van der Waals surface area contributed by atoms with E-state index >= 15 is 0 Å². The lowest BCUT2D eigenvalue weighted by Gasteiger charge is -2.33. The van der Waals surface area contributed by atoms with Crippen LogP contribution in [0.2, 0.25) is 0 Å². The molecule has 0 bridgehead atoms. The van der Waals surface area contributed by atoms with E-state index in [4.69, 9.17) is 0 Å². The molecule has 2 atom stereocenters. The number of rotatable bonds is 3. The van der Waals surface area contributed by atoms with Gasteiger partial charge in [0.2, 0.25) is 0 Å². The van der Waals surface area contributed by atoms with Crippen LogP contribution in [0.25, 0.3) is 0 Å². The van der Waals surface area contributed by atoms with Gasteiger partial charge < -0.3 is 14.9 Å². The molecule has 6 nitrogen and oxygen atoms in total. The average molecular weight is 365 g/mol. The van der Waals surface area contributed by atoms with Crippen molar-refractivity contribution in [1.29, 1.82) is 0 Å². The Hall–Kier alpha value is -2.89. The van der Waals surface area contributed by atoms with Gasteiger partial charge in [0.15, 0.2) is 0 Å². The lowest BCUT2D eigenvalue weighted by molar-refractivity contribution is -0.139. The number of anilines is 1. The van der Waals surface area contributed by atoms with Gasteiger partial charge in [-0.3, -0.25) is 9.59 Å². The summed E-state index contributed by atoms with van der Waals surface area (Å²) < 4.78 is 0. The van der Waals surface area contributed by atoms with E-state index in [0.29, 0.717) is 18.0 Å². The Morgan fingerprint density at radius 1 is 1.19 bits per heavy atom. The Morgan fingerprint density at radius 3 is 2.74 bits per heavy atom. The largest absolute Gasteiger partial charge is 0.481 e. The first-order valence-corrected chi connectivity index (χ1v) is 9.34. The summed E-state index contributed by atoms with van der Waals surface area (Å²) in [7, 11) is 0. The molecule has 27 heavy (non-hydrogen) atoms. The first-order valence-electron chi connectivity index (χ1n) is 9.34. The normalized spacial score (nSPS) is 21.8. The molecule has 6 heteroatoms. The van der Waals surface area contributed by atoms with Crippen LogP contribution in [0.4, 0.5) is 5.82 Å². The first-order chi connectivity index (χ1) is 13.0. The van der Waals surface area contributed by atoms with Crippen molar-refractivity contribution in [2.24, 2.45) is 5.92 Å². The van der Waals surface area contributed by atoms with Gasteiger partial charge >= 0.3 is 5.97 Å². The molecule has 1 aromatic heterocycles. The summed E-state index contributed by atoms with van der Waals surface area (Å²) in [5.74, 6) is -0.300. The number of carboxylic acids is 1. The minimum absolute atomic E-state index is 0.147. The number of amides is 1. The third-order valence-electron chi connectivity index (χ3n) is 5.52. The van der Waals surface area contributed by atoms with Crippen molar-refractivity contribution in [2.45, 2.75) is 25.8 Å². The van der Waals surface area contributed by atoms with Crippen LogP contribution >= 0.6 is 0 Å². The third-order valence-corrected chi connectivity index (χ3v) is 5.52. The maximum atomic E-state index is 13.1. The van der Waals surface area contributed by atoms with E-state index in [2.05, 4.69) is 16.8 Å². The molecule has 1 amide bonds. The van der Waals surface area contributed by atoms with Crippen LogP contribution in [0.5, 0.6) is 0 Å². The molecular weight excluding hydrogens is 342 g/mol. The fraction of sp³-hybridized carbons (Fsp3) is 0.381. The number of carbonyl (C=O) groups is 2. The van der Waals surface area contributed by atoms with Crippen molar-refractivity contribution in [1.82, 2.24) is 9.88 Å². The molecule has 140 valence electrons. The zero-order valence-corrected chi connectivity index (χ0v) is 15.3. The second kappa shape index (κ2) is 7.02. The number of hydrogen-bond donors (Lipinski definition) is 1. The molecule has 4 rings (SSSR count). The molecule has 2 aliphatic heterocycles. The Labute approximate surface area is 158 Å². The van der Waals surface area contributed by atoms with Crippen LogP contribution in [0.3, 0.4) is 0 Å². The predicted molar refractivity (Wildman–Crippen MR) is 102 cm³/mol. The van der Waals surface area contributed by atoms with Gasteiger partial charge in [-0.15, -0.1) is 0 Å². The highest BCUT2D eigenvalue weighted by molar-refractivity contribution is 5.95. The van der Waals surface area contributed by atoms with Crippen molar-refractivity contribution in [2.75, 3.05) is 24.5 Å². The standard InChI is InChI=1S/C21H23N3O3/c1-14-7-9-23(11-14)19-10-15(6-8-22-19)20(25)24-12-16-4-2-3-5-17(16)18(13-24)21(26)27/h2-6,8,10,14,18H,7,9,11-13H2,1H3,(H,26,27). The van der Waals surface area contributed by atoms with Crippen LogP contribution < -0.4 is 4.90 Å². The number of aromatic nitrogens is 1. The summed E-state index contributed by atoms with van der Waals surface area (Å²) in [5, 5.41) is 9.61. The number of aliphatic carboxylic acids is 1. The predicted octanol–water partition coefficient (Wildman–Crippen LogP) is 2.75. The highest BCUT2D eigenvalue weighted by atomic mass is 16.4. The first kappa shape index (κ1) is 17.5. The van der Waals surface area contributed by atoms with Gasteiger partial charge in [0.05, 0.1) is 5.92 Å². The molecule has 0 saturated carbocycles. The molecule has 2 unspecified atom stereocenters. The molecule has 1 N–H and O–H groups in total. The summed E-state index contributed by atoms with van der Waals surface area (Å²) >= 11 is 0. The van der Waals surface area contributed by atoms with Crippen LogP contribution in [0.15, 0.2) is 42.6 Å². The molecule has 1 saturated heterocycles. The molecular formula is C21H23N3O3. The number of carbonyl (C=O) groups excluding carboxylic acids is 1. The van der Waals surface area contributed by atoms with Crippen LogP contribution in [0.1, 0.15) is 40.7 Å². The quantitative estimate of drug-likeness (QED) is 0.905. The molecule has 0 radical (unpaired) electrons. The Bertz CT molecular complexity index is 882. The van der Waals surface area contributed by atoms with Gasteiger partial charge in [0.1, 0.15) is 5.82 Å². The smallest absolute Gasteiger partial charge is 0.312 e. The highest BCUT2D eigenvalue weighted by Crippen LogP contribution is 2.30. The Balaban J connectivity index is 1.59. The summed E-state index contributed by atoms with van der Waals surface area (Å²) in [6, 6.07) is 11.0. The number of carboxylic acid groups (broad SMARTS) is 1. The summed E-state index contributed by atoms with van der Waals surface area (Å²) in [5.41, 5.74) is 2.26. The second-order valence-electron chi connectivity index (χ2n) is 7.52. The average Bonchev–Trinajstić information content (AvgIpc) is 3.13. The molecule has 0 spiro atoms. The number of hydrogen-bond acceptors (Lipinski definition) is 4. The van der Waals surface area contributed by atoms with Gasteiger partial charge in [0, 0.05) is 37.9 Å². The topological polar surface area (TPSA) is 73.7 Å². The van der Waals surface area contributed by atoms with E-state index in [0.717, 1.165) is 36.5 Å². The number of fused-ring (bicyclic) bond motifs is 1. The van der Waals surface area contributed by atoms with Crippen molar-refractivity contribution < 1.29 is 14.7 Å². The summed E-state index contributed by atoms with van der Waals surface area (Å²) in [4.78, 5) is 33.1. The zero-order valence-electron chi connectivity index (χ0n) is 15.3. The van der Waals surface area contributed by atoms with E-state index in [1.807, 2.05) is 30.3 Å².